The SMILES string of the molecule is CC1NCC(C(=O)O)c2c1[nH]c1ccccc21. The third-order valence-corrected chi connectivity index (χ3v) is 3.48. The maximum Gasteiger partial charge on any atom is 0.312 e. The Kier molecular flexibility index (Phi) is 2.19. The van der Waals surface area contributed by atoms with Gasteiger partial charge in [0, 0.05) is 29.2 Å². The predicted molar refractivity (Wildman–Crippen MR) is 65.1 cm³/mol. The van der Waals surface area contributed by atoms with Crippen LogP contribution >= 0.6 is 0 Å². The molecule has 17 heavy (non-hydrogen) atoms. The molecule has 2 atom stereocenters. The van der Waals surface area contributed by atoms with Gasteiger partial charge < -0.3 is 15.4 Å². The van der Waals surface area contributed by atoms with Crippen LogP contribution < -0.4 is 5.32 Å². The Morgan fingerprint density at radius 2 is 2.18 bits per heavy atom. The number of hydrogen-bond donors (Lipinski definition) is 3. The van der Waals surface area contributed by atoms with E-state index < -0.39 is 11.9 Å². The smallest absolute Gasteiger partial charge is 0.312 e. The minimum atomic E-state index is -0.768. The van der Waals surface area contributed by atoms with E-state index in [0.717, 1.165) is 22.2 Å². The minimum Gasteiger partial charge on any atom is -0.481 e. The van der Waals surface area contributed by atoms with E-state index in [1.807, 2.05) is 31.2 Å². The normalized spacial score (nSPS) is 23.6. The first kappa shape index (κ1) is 10.4. The van der Waals surface area contributed by atoms with Gasteiger partial charge >= 0.3 is 5.97 Å². The fourth-order valence-electron chi connectivity index (χ4n) is 2.61. The lowest BCUT2D eigenvalue weighted by atomic mass is 9.90. The molecule has 2 heterocycles. The molecule has 0 saturated carbocycles. The molecule has 0 saturated heterocycles. The number of nitrogens with one attached hydrogen (secondary N) is 2. The van der Waals surface area contributed by atoms with Crippen molar-refractivity contribution >= 4 is 16.9 Å². The Labute approximate surface area is 98.6 Å². The highest BCUT2D eigenvalue weighted by atomic mass is 16.4. The predicted octanol–water partition coefficient (Wildman–Crippen LogP) is 2.00. The fraction of sp³-hybridized carbons (Fsp3) is 0.308. The van der Waals surface area contributed by atoms with Gasteiger partial charge in [0.1, 0.15) is 0 Å². The molecule has 0 aliphatic carbocycles. The van der Waals surface area contributed by atoms with Gasteiger partial charge in [-0.15, -0.1) is 0 Å². The molecule has 1 aromatic heterocycles. The van der Waals surface area contributed by atoms with Gasteiger partial charge in [0.25, 0.3) is 0 Å². The summed E-state index contributed by atoms with van der Waals surface area (Å²) in [5.41, 5.74) is 2.96. The third-order valence-electron chi connectivity index (χ3n) is 3.48. The van der Waals surface area contributed by atoms with Crippen LogP contribution in [0.1, 0.15) is 30.1 Å². The van der Waals surface area contributed by atoms with Crippen LogP contribution in [0.2, 0.25) is 0 Å². The summed E-state index contributed by atoms with van der Waals surface area (Å²) in [5.74, 6) is -1.23. The van der Waals surface area contributed by atoms with E-state index in [0.29, 0.717) is 6.54 Å². The van der Waals surface area contributed by atoms with Crippen LogP contribution in [0, 0.1) is 0 Å². The number of carbonyl (C=O) groups is 1. The number of benzene rings is 1. The van der Waals surface area contributed by atoms with Crippen molar-refractivity contribution in [2.24, 2.45) is 0 Å². The van der Waals surface area contributed by atoms with Gasteiger partial charge in [0.15, 0.2) is 0 Å². The van der Waals surface area contributed by atoms with E-state index in [2.05, 4.69) is 10.3 Å². The molecule has 0 amide bonds. The average Bonchev–Trinajstić information content (AvgIpc) is 2.69. The summed E-state index contributed by atoms with van der Waals surface area (Å²) in [6.07, 6.45) is 0. The highest BCUT2D eigenvalue weighted by Gasteiger charge is 2.32. The summed E-state index contributed by atoms with van der Waals surface area (Å²) in [6.45, 7) is 2.54. The number of hydrogen-bond acceptors (Lipinski definition) is 2. The highest BCUT2D eigenvalue weighted by Crippen LogP contribution is 2.35. The number of aromatic nitrogens is 1. The molecular formula is C13H14N2O2. The lowest BCUT2D eigenvalue weighted by Gasteiger charge is -2.25. The quantitative estimate of drug-likeness (QED) is 0.702. The Balaban J connectivity index is 2.30. The second-order valence-electron chi connectivity index (χ2n) is 4.52. The van der Waals surface area contributed by atoms with Crippen molar-refractivity contribution in [1.29, 1.82) is 0 Å². The first-order valence-corrected chi connectivity index (χ1v) is 5.75. The van der Waals surface area contributed by atoms with Crippen LogP contribution in [0.5, 0.6) is 0 Å². The molecule has 4 nitrogen and oxygen atoms in total. The van der Waals surface area contributed by atoms with Crippen molar-refractivity contribution in [3.8, 4) is 0 Å². The van der Waals surface area contributed by atoms with Gasteiger partial charge in [0.2, 0.25) is 0 Å². The Morgan fingerprint density at radius 1 is 1.41 bits per heavy atom. The maximum atomic E-state index is 11.3. The zero-order valence-corrected chi connectivity index (χ0v) is 9.53. The van der Waals surface area contributed by atoms with E-state index in [-0.39, 0.29) is 6.04 Å². The Bertz CT molecular complexity index is 588. The lowest BCUT2D eigenvalue weighted by Crippen LogP contribution is -2.34. The molecule has 4 heteroatoms. The molecule has 0 bridgehead atoms. The number of H-pyrrole nitrogens is 1. The van der Waals surface area contributed by atoms with Crippen LogP contribution in [0.25, 0.3) is 10.9 Å². The van der Waals surface area contributed by atoms with E-state index in [9.17, 15) is 9.90 Å². The van der Waals surface area contributed by atoms with Crippen LogP contribution in [0.4, 0.5) is 0 Å². The largest absolute Gasteiger partial charge is 0.481 e. The summed E-state index contributed by atoms with van der Waals surface area (Å²) in [6, 6.07) is 8.05. The topological polar surface area (TPSA) is 65.1 Å². The number of fused-ring (bicyclic) bond motifs is 3. The second-order valence-corrected chi connectivity index (χ2v) is 4.52. The number of carboxylic acids is 1. The van der Waals surface area contributed by atoms with E-state index in [1.54, 1.807) is 0 Å². The summed E-state index contributed by atoms with van der Waals surface area (Å²) < 4.78 is 0. The molecule has 1 aliphatic rings. The van der Waals surface area contributed by atoms with Gasteiger partial charge in [-0.05, 0) is 18.6 Å². The third kappa shape index (κ3) is 1.45. The standard InChI is InChI=1S/C13H14N2O2/c1-7-12-11(9(6-14-7)13(16)17)8-4-2-3-5-10(8)15-12/h2-5,7,9,14-15H,6H2,1H3,(H,16,17). The van der Waals surface area contributed by atoms with Crippen LogP contribution in [0.3, 0.4) is 0 Å². The molecule has 3 N–H and O–H groups in total. The molecule has 0 radical (unpaired) electrons. The van der Waals surface area contributed by atoms with E-state index in [1.165, 1.54) is 0 Å². The fourth-order valence-corrected chi connectivity index (χ4v) is 2.61. The van der Waals surface area contributed by atoms with Gasteiger partial charge in [-0.2, -0.15) is 0 Å². The van der Waals surface area contributed by atoms with Gasteiger partial charge in [-0.25, -0.2) is 0 Å². The van der Waals surface area contributed by atoms with Crippen molar-refractivity contribution in [2.75, 3.05) is 6.54 Å². The molecular weight excluding hydrogens is 216 g/mol. The molecule has 1 aliphatic heterocycles. The Morgan fingerprint density at radius 3 is 2.94 bits per heavy atom. The van der Waals surface area contributed by atoms with Crippen molar-refractivity contribution in [3.63, 3.8) is 0 Å². The first-order valence-electron chi connectivity index (χ1n) is 5.75. The summed E-state index contributed by atoms with van der Waals surface area (Å²) >= 11 is 0. The molecule has 2 unspecified atom stereocenters. The summed E-state index contributed by atoms with van der Waals surface area (Å²) in [7, 11) is 0. The van der Waals surface area contributed by atoms with Crippen LogP contribution in [0.15, 0.2) is 24.3 Å². The van der Waals surface area contributed by atoms with Crippen LogP contribution in [-0.2, 0) is 4.79 Å². The summed E-state index contributed by atoms with van der Waals surface area (Å²) in [5, 5.41) is 13.5. The summed E-state index contributed by atoms with van der Waals surface area (Å²) in [4.78, 5) is 14.6. The van der Waals surface area contributed by atoms with Crippen molar-refractivity contribution in [2.45, 2.75) is 18.9 Å². The lowest BCUT2D eigenvalue weighted by molar-refractivity contribution is -0.138. The zero-order valence-electron chi connectivity index (χ0n) is 9.53. The number of carboxylic acid groups (broad SMARTS) is 1. The van der Waals surface area contributed by atoms with Gasteiger partial charge in [0.05, 0.1) is 5.92 Å². The molecule has 3 rings (SSSR count). The average molecular weight is 230 g/mol. The minimum absolute atomic E-state index is 0.174. The monoisotopic (exact) mass is 230 g/mol. The van der Waals surface area contributed by atoms with Crippen molar-refractivity contribution in [1.82, 2.24) is 10.3 Å². The van der Waals surface area contributed by atoms with Crippen molar-refractivity contribution < 1.29 is 9.90 Å². The molecule has 0 fully saturated rings. The zero-order chi connectivity index (χ0) is 12.0. The van der Waals surface area contributed by atoms with E-state index in [4.69, 9.17) is 0 Å². The van der Waals surface area contributed by atoms with Crippen LogP contribution in [-0.4, -0.2) is 22.6 Å². The molecule has 88 valence electrons. The van der Waals surface area contributed by atoms with E-state index >= 15 is 0 Å². The molecule has 2 aromatic rings. The second kappa shape index (κ2) is 3.60. The number of aliphatic carboxylic acids is 1. The van der Waals surface area contributed by atoms with Gasteiger partial charge in [-0.3, -0.25) is 4.79 Å². The van der Waals surface area contributed by atoms with Gasteiger partial charge in [-0.1, -0.05) is 18.2 Å². The number of aromatic amines is 1. The highest BCUT2D eigenvalue weighted by molar-refractivity contribution is 5.91. The maximum absolute atomic E-state index is 11.3. The first-order chi connectivity index (χ1) is 8.18. The molecule has 0 spiro atoms. The van der Waals surface area contributed by atoms with Crippen molar-refractivity contribution in [3.05, 3.63) is 35.5 Å². The molecule has 1 aromatic carbocycles. The number of para-hydroxylation sites is 1. The number of rotatable bonds is 1. The Hall–Kier alpha value is -1.81.